The van der Waals surface area contributed by atoms with Crippen molar-refractivity contribution in [3.8, 4) is 0 Å². The summed E-state index contributed by atoms with van der Waals surface area (Å²) in [5.74, 6) is -2.08. The zero-order valence-corrected chi connectivity index (χ0v) is 30.3. The van der Waals surface area contributed by atoms with E-state index in [1.165, 1.54) is 18.2 Å². The van der Waals surface area contributed by atoms with Crippen LogP contribution in [0, 0.1) is 28.1 Å². The second-order valence-corrected chi connectivity index (χ2v) is 16.6. The van der Waals surface area contributed by atoms with Gasteiger partial charge in [-0.15, -0.1) is 0 Å². The van der Waals surface area contributed by atoms with E-state index in [0.717, 1.165) is 16.8 Å². The highest BCUT2D eigenvalue weighted by Gasteiger charge is 2.75. The molecule has 0 bridgehead atoms. The minimum atomic E-state index is -2.23. The number of carbonyl (C=O) groups is 3. The van der Waals surface area contributed by atoms with Crippen molar-refractivity contribution in [3.05, 3.63) is 83.5 Å². The number of rotatable bonds is 8. The van der Waals surface area contributed by atoms with E-state index in [1.807, 2.05) is 61.3 Å². The van der Waals surface area contributed by atoms with Crippen molar-refractivity contribution in [1.82, 2.24) is 0 Å². The lowest BCUT2D eigenvalue weighted by Crippen LogP contribution is -2.70. The van der Waals surface area contributed by atoms with Crippen LogP contribution in [0.4, 0.5) is 25.0 Å². The third kappa shape index (κ3) is 6.12. The van der Waals surface area contributed by atoms with E-state index >= 15 is 8.78 Å². The number of fused-ring (bicyclic) bond motifs is 5. The van der Waals surface area contributed by atoms with Crippen molar-refractivity contribution >= 4 is 29.0 Å². The first-order valence-corrected chi connectivity index (χ1v) is 17.9. The maximum absolute atomic E-state index is 17.6. The van der Waals surface area contributed by atoms with E-state index in [9.17, 15) is 24.6 Å². The number of nitrogens with one attached hydrogen (secondary N) is 1. The number of Topliss-reactive ketones (excluding diaryl/α,β-unsaturated/α-hetero) is 1. The quantitative estimate of drug-likeness (QED) is 0.273. The molecule has 6 rings (SSSR count). The molecule has 4 aliphatic carbocycles. The van der Waals surface area contributed by atoms with Crippen molar-refractivity contribution in [2.24, 2.45) is 28.1 Å². The molecule has 4 aliphatic rings. The number of aliphatic hydroxyl groups is 2. The van der Waals surface area contributed by atoms with Crippen LogP contribution in [-0.4, -0.2) is 71.6 Å². The number of nitrogens with zero attached hydrogens (tertiary/aromatic N) is 1. The summed E-state index contributed by atoms with van der Waals surface area (Å²) in [5.41, 5.74) is -2.81. The third-order valence-electron chi connectivity index (χ3n) is 12.5. The van der Waals surface area contributed by atoms with Gasteiger partial charge < -0.3 is 19.8 Å². The minimum absolute atomic E-state index is 0.0351. The molecular formula is C41H50F2N2O6. The SMILES string of the molecule is CN(C[C@]1(C(=O)CO)CCC2C3C[C@H](F)C4=CC(=O)C=CC4(C)[C@@]3(F)C(O)CC21C)c1ccc(Cc2cccc(NC(=O)OC(C)(C)C)c2)cc1. The molecule has 0 heterocycles. The first-order valence-electron chi connectivity index (χ1n) is 17.9. The van der Waals surface area contributed by atoms with Crippen molar-refractivity contribution in [1.29, 1.82) is 0 Å². The van der Waals surface area contributed by atoms with Gasteiger partial charge in [0.25, 0.3) is 0 Å². The van der Waals surface area contributed by atoms with E-state index in [-0.39, 0.29) is 30.7 Å². The van der Waals surface area contributed by atoms with Crippen LogP contribution in [0.5, 0.6) is 0 Å². The Balaban J connectivity index is 1.22. The maximum Gasteiger partial charge on any atom is 0.412 e. The summed E-state index contributed by atoms with van der Waals surface area (Å²) in [7, 11) is 1.88. The number of carbonyl (C=O) groups excluding carboxylic acids is 3. The molecule has 0 spiro atoms. The second kappa shape index (κ2) is 13.0. The van der Waals surface area contributed by atoms with Gasteiger partial charge in [0, 0.05) is 36.3 Å². The smallest absolute Gasteiger partial charge is 0.412 e. The number of alkyl halides is 2. The number of hydrogen-bond acceptors (Lipinski definition) is 7. The Morgan fingerprint density at radius 1 is 1.08 bits per heavy atom. The Morgan fingerprint density at radius 3 is 2.45 bits per heavy atom. The molecule has 51 heavy (non-hydrogen) atoms. The maximum atomic E-state index is 17.6. The molecule has 5 unspecified atom stereocenters. The monoisotopic (exact) mass is 704 g/mol. The van der Waals surface area contributed by atoms with E-state index in [0.29, 0.717) is 24.9 Å². The minimum Gasteiger partial charge on any atom is -0.444 e. The molecule has 1 amide bonds. The predicted octanol–water partition coefficient (Wildman–Crippen LogP) is 6.93. The lowest BCUT2D eigenvalue weighted by atomic mass is 9.43. The zero-order valence-electron chi connectivity index (χ0n) is 30.3. The lowest BCUT2D eigenvalue weighted by Gasteiger charge is -2.63. The van der Waals surface area contributed by atoms with Crippen molar-refractivity contribution in [2.75, 3.05) is 30.4 Å². The van der Waals surface area contributed by atoms with E-state index in [4.69, 9.17) is 4.74 Å². The van der Waals surface area contributed by atoms with Crippen molar-refractivity contribution < 1.29 is 38.1 Å². The molecule has 2 aromatic rings. The zero-order chi connectivity index (χ0) is 37.1. The molecule has 8 nitrogen and oxygen atoms in total. The highest BCUT2D eigenvalue weighted by Crippen LogP contribution is 2.72. The Labute approximate surface area is 298 Å². The fourth-order valence-corrected chi connectivity index (χ4v) is 10.1. The fraction of sp³-hybridized carbons (Fsp3) is 0.537. The van der Waals surface area contributed by atoms with Crippen LogP contribution < -0.4 is 10.2 Å². The summed E-state index contributed by atoms with van der Waals surface area (Å²) >= 11 is 0. The van der Waals surface area contributed by atoms with Gasteiger partial charge in [0.1, 0.15) is 18.4 Å². The van der Waals surface area contributed by atoms with Gasteiger partial charge in [0.05, 0.1) is 11.5 Å². The number of hydrogen-bond donors (Lipinski definition) is 3. The highest BCUT2D eigenvalue weighted by molar-refractivity contribution is 6.01. The van der Waals surface area contributed by atoms with Crippen LogP contribution in [0.15, 0.2) is 72.3 Å². The Bertz CT molecular complexity index is 1770. The van der Waals surface area contributed by atoms with Gasteiger partial charge in [-0.2, -0.15) is 0 Å². The highest BCUT2D eigenvalue weighted by atomic mass is 19.1. The van der Waals surface area contributed by atoms with Crippen LogP contribution in [0.2, 0.25) is 0 Å². The molecule has 2 aromatic carbocycles. The number of anilines is 2. The Kier molecular flexibility index (Phi) is 9.37. The Hall–Kier alpha value is -3.89. The van der Waals surface area contributed by atoms with E-state index in [2.05, 4.69) is 5.32 Å². The van der Waals surface area contributed by atoms with Crippen LogP contribution >= 0.6 is 0 Å². The van der Waals surface area contributed by atoms with E-state index < -0.39 is 70.1 Å². The summed E-state index contributed by atoms with van der Waals surface area (Å²) in [4.78, 5) is 40.3. The largest absolute Gasteiger partial charge is 0.444 e. The van der Waals surface area contributed by atoms with Gasteiger partial charge in [-0.25, -0.2) is 13.6 Å². The molecule has 3 fully saturated rings. The molecule has 0 aromatic heterocycles. The first-order chi connectivity index (χ1) is 23.9. The standard InChI is InChI=1S/C41H50F2N2O6/c1-37(2,3)51-36(50)44-27-9-7-8-26(19-27)18-25-10-12-28(13-11-25)45(6)24-40(35(49)23-46)17-15-30-31-21-33(42)32-20-29(47)14-16-38(32,4)41(31,43)34(48)22-39(30,40)5/h7-14,16,19-20,30-31,33-34,46,48H,15,17-18,21-24H2,1-6H3,(H,44,50)/t30?,31?,33-,34?,38?,39?,40-,41-/m0/s1. The number of ketones is 2. The molecular weight excluding hydrogens is 654 g/mol. The average molecular weight is 705 g/mol. The number of halogens is 2. The third-order valence-corrected chi connectivity index (χ3v) is 12.5. The number of ether oxygens (including phenoxy) is 1. The lowest BCUT2D eigenvalue weighted by molar-refractivity contribution is -0.210. The summed E-state index contributed by atoms with van der Waals surface area (Å²) in [6, 6.07) is 15.5. The van der Waals surface area contributed by atoms with Gasteiger partial charge >= 0.3 is 6.09 Å². The first kappa shape index (κ1) is 36.9. The van der Waals surface area contributed by atoms with Crippen LogP contribution in [0.1, 0.15) is 71.4 Å². The number of aliphatic hydroxyl groups excluding tert-OH is 2. The summed E-state index contributed by atoms with van der Waals surface area (Å²) in [6.45, 7) is 8.43. The Morgan fingerprint density at radius 2 is 1.78 bits per heavy atom. The fourth-order valence-electron chi connectivity index (χ4n) is 10.1. The normalized spacial score (nSPS) is 34.2. The van der Waals surface area contributed by atoms with Gasteiger partial charge in [-0.05, 0) is 124 Å². The van der Waals surface area contributed by atoms with Gasteiger partial charge in [0.15, 0.2) is 17.2 Å². The molecule has 10 heteroatoms. The topological polar surface area (TPSA) is 116 Å². The van der Waals surface area contributed by atoms with Gasteiger partial charge in [0.2, 0.25) is 0 Å². The number of amides is 1. The van der Waals surface area contributed by atoms with Crippen molar-refractivity contribution in [2.45, 2.75) is 90.3 Å². The summed E-state index contributed by atoms with van der Waals surface area (Å²) in [6.07, 6.45) is 1.47. The van der Waals surface area contributed by atoms with Crippen LogP contribution in [-0.2, 0) is 20.7 Å². The average Bonchev–Trinajstić information content (AvgIpc) is 3.34. The number of benzene rings is 2. The molecule has 0 aliphatic heterocycles. The predicted molar refractivity (Wildman–Crippen MR) is 192 cm³/mol. The molecule has 274 valence electrons. The van der Waals surface area contributed by atoms with Crippen molar-refractivity contribution in [3.63, 3.8) is 0 Å². The second-order valence-electron chi connectivity index (χ2n) is 16.6. The molecule has 3 N–H and O–H groups in total. The molecule has 0 radical (unpaired) electrons. The number of allylic oxidation sites excluding steroid dienone is 4. The van der Waals surface area contributed by atoms with E-state index in [1.54, 1.807) is 33.8 Å². The summed E-state index contributed by atoms with van der Waals surface area (Å²) < 4.78 is 38.9. The van der Waals surface area contributed by atoms with Gasteiger partial charge in [-0.1, -0.05) is 37.3 Å². The van der Waals surface area contributed by atoms with Crippen LogP contribution in [0.3, 0.4) is 0 Å². The molecule has 3 saturated carbocycles. The van der Waals surface area contributed by atoms with Gasteiger partial charge in [-0.3, -0.25) is 14.9 Å². The molecule has 8 atom stereocenters. The summed E-state index contributed by atoms with van der Waals surface area (Å²) in [5, 5.41) is 24.9. The molecule has 0 saturated heterocycles. The van der Waals surface area contributed by atoms with Crippen LogP contribution in [0.25, 0.3) is 0 Å².